The van der Waals surface area contributed by atoms with Crippen LogP contribution in [0.5, 0.6) is 0 Å². The van der Waals surface area contributed by atoms with Crippen LogP contribution in [0.4, 0.5) is 10.1 Å². The summed E-state index contributed by atoms with van der Waals surface area (Å²) in [7, 11) is -3.38. The zero-order chi connectivity index (χ0) is 22.9. The summed E-state index contributed by atoms with van der Waals surface area (Å²) in [4.78, 5) is 23.8. The van der Waals surface area contributed by atoms with Crippen molar-refractivity contribution in [3.8, 4) is 0 Å². The third-order valence-corrected chi connectivity index (χ3v) is 6.36. The van der Waals surface area contributed by atoms with E-state index in [0.717, 1.165) is 5.56 Å². The summed E-state index contributed by atoms with van der Waals surface area (Å²) in [6, 6.07) is 12.2. The number of carbonyl (C=O) groups is 2. The van der Waals surface area contributed by atoms with Crippen LogP contribution in [0.1, 0.15) is 25.0 Å². The molecule has 0 aliphatic carbocycles. The maximum absolute atomic E-state index is 12.8. The zero-order valence-corrected chi connectivity index (χ0v) is 19.0. The lowest BCUT2D eigenvalue weighted by atomic mass is 10.1. The summed E-state index contributed by atoms with van der Waals surface area (Å²) in [5.41, 5.74) is 1.99. The van der Waals surface area contributed by atoms with Crippen molar-refractivity contribution in [2.45, 2.75) is 32.2 Å². The second-order valence-corrected chi connectivity index (χ2v) is 9.91. The molecule has 3 N–H and O–H groups in total. The van der Waals surface area contributed by atoms with Gasteiger partial charge in [0.05, 0.1) is 17.3 Å². The molecule has 0 heterocycles. The minimum atomic E-state index is -3.38. The van der Waals surface area contributed by atoms with E-state index < -0.39 is 10.0 Å². The van der Waals surface area contributed by atoms with E-state index in [0.29, 0.717) is 17.8 Å². The second kappa shape index (κ2) is 11.8. The number of amides is 2. The molecule has 7 nitrogen and oxygen atoms in total. The molecule has 0 radical (unpaired) electrons. The van der Waals surface area contributed by atoms with Crippen molar-refractivity contribution in [2.75, 3.05) is 16.8 Å². The van der Waals surface area contributed by atoms with E-state index in [9.17, 15) is 22.4 Å². The molecule has 10 heteroatoms. The fraction of sp³-hybridized carbons (Fsp3) is 0.333. The van der Waals surface area contributed by atoms with Gasteiger partial charge in [-0.3, -0.25) is 9.59 Å². The molecule has 168 valence electrons. The summed E-state index contributed by atoms with van der Waals surface area (Å²) >= 11 is 1.17. The molecule has 0 fully saturated rings. The van der Waals surface area contributed by atoms with E-state index in [4.69, 9.17) is 0 Å². The van der Waals surface area contributed by atoms with Gasteiger partial charge in [0.15, 0.2) is 0 Å². The average molecular weight is 468 g/mol. The molecule has 2 amide bonds. The van der Waals surface area contributed by atoms with Crippen LogP contribution in [-0.4, -0.2) is 37.8 Å². The molecule has 2 rings (SSSR count). The largest absolute Gasteiger partial charge is 0.351 e. The molecular weight excluding hydrogens is 441 g/mol. The van der Waals surface area contributed by atoms with E-state index in [1.165, 1.54) is 36.0 Å². The van der Waals surface area contributed by atoms with Crippen molar-refractivity contribution in [3.05, 3.63) is 65.5 Å². The first-order valence-corrected chi connectivity index (χ1v) is 12.4. The lowest BCUT2D eigenvalue weighted by molar-refractivity contribution is -0.118. The third kappa shape index (κ3) is 9.95. The van der Waals surface area contributed by atoms with Crippen LogP contribution in [0.2, 0.25) is 0 Å². The second-order valence-electron chi connectivity index (χ2n) is 7.17. The highest BCUT2D eigenvalue weighted by Crippen LogP contribution is 2.10. The van der Waals surface area contributed by atoms with Gasteiger partial charge in [-0.2, -0.15) is 0 Å². The fourth-order valence-electron chi connectivity index (χ4n) is 2.59. The van der Waals surface area contributed by atoms with Crippen LogP contribution >= 0.6 is 11.8 Å². The van der Waals surface area contributed by atoms with Crippen LogP contribution in [0.25, 0.3) is 0 Å². The van der Waals surface area contributed by atoms with Crippen molar-refractivity contribution in [3.63, 3.8) is 0 Å². The van der Waals surface area contributed by atoms with Crippen molar-refractivity contribution in [2.24, 2.45) is 0 Å². The van der Waals surface area contributed by atoms with Crippen LogP contribution < -0.4 is 15.4 Å². The summed E-state index contributed by atoms with van der Waals surface area (Å²) in [6.07, 6.45) is 0. The van der Waals surface area contributed by atoms with Gasteiger partial charge in [-0.25, -0.2) is 17.5 Å². The zero-order valence-electron chi connectivity index (χ0n) is 17.4. The van der Waals surface area contributed by atoms with Crippen molar-refractivity contribution >= 4 is 39.3 Å². The number of sulfonamides is 1. The number of hydrogen-bond donors (Lipinski definition) is 3. The number of rotatable bonds is 11. The predicted molar refractivity (Wildman–Crippen MR) is 122 cm³/mol. The predicted octanol–water partition coefficient (Wildman–Crippen LogP) is 2.64. The highest BCUT2D eigenvalue weighted by atomic mass is 32.2. The van der Waals surface area contributed by atoms with Crippen molar-refractivity contribution < 1.29 is 22.4 Å². The minimum Gasteiger partial charge on any atom is -0.351 e. The standard InChI is InChI=1S/C21H26FN3O4S2/c1-15(2)25-31(28,29)14-17-5-3-16(4-6-17)11-23-20(26)12-30-13-21(27)24-19-9-7-18(22)8-10-19/h3-10,15,25H,11-14H2,1-2H3,(H,23,26)(H,24,27). The molecule has 0 bridgehead atoms. The Hall–Kier alpha value is -2.43. The van der Waals surface area contributed by atoms with Crippen LogP contribution in [-0.2, 0) is 31.9 Å². The van der Waals surface area contributed by atoms with Gasteiger partial charge in [-0.1, -0.05) is 24.3 Å². The van der Waals surface area contributed by atoms with Gasteiger partial charge in [0.2, 0.25) is 21.8 Å². The van der Waals surface area contributed by atoms with Gasteiger partial charge < -0.3 is 10.6 Å². The first-order valence-electron chi connectivity index (χ1n) is 9.60. The van der Waals surface area contributed by atoms with E-state index in [1.54, 1.807) is 38.1 Å². The summed E-state index contributed by atoms with van der Waals surface area (Å²) in [5.74, 6) is -0.762. The van der Waals surface area contributed by atoms with Crippen LogP contribution in [0, 0.1) is 5.82 Å². The van der Waals surface area contributed by atoms with Crippen molar-refractivity contribution in [1.82, 2.24) is 10.0 Å². The average Bonchev–Trinajstić information content (AvgIpc) is 2.68. The Bertz CT molecular complexity index is 979. The number of benzene rings is 2. The van der Waals surface area contributed by atoms with E-state index in [1.807, 2.05) is 0 Å². The summed E-state index contributed by atoms with van der Waals surface area (Å²) in [6.45, 7) is 3.83. The molecule has 31 heavy (non-hydrogen) atoms. The number of hydrogen-bond acceptors (Lipinski definition) is 5. The SMILES string of the molecule is CC(C)NS(=O)(=O)Cc1ccc(CNC(=O)CSCC(=O)Nc2ccc(F)cc2)cc1. The van der Waals surface area contributed by atoms with Gasteiger partial charge >= 0.3 is 0 Å². The number of carbonyl (C=O) groups excluding carboxylic acids is 2. The smallest absolute Gasteiger partial charge is 0.234 e. The molecular formula is C21H26FN3O4S2. The normalized spacial score (nSPS) is 11.4. The molecule has 0 saturated carbocycles. The number of thioether (sulfide) groups is 1. The molecule has 2 aromatic rings. The van der Waals surface area contributed by atoms with Crippen LogP contribution in [0.15, 0.2) is 48.5 Å². The van der Waals surface area contributed by atoms with Gasteiger partial charge in [-0.05, 0) is 49.2 Å². The quantitative estimate of drug-likeness (QED) is 0.471. The Morgan fingerprint density at radius 2 is 1.52 bits per heavy atom. The first-order chi connectivity index (χ1) is 14.6. The maximum Gasteiger partial charge on any atom is 0.234 e. The molecule has 0 atom stereocenters. The molecule has 0 saturated heterocycles. The van der Waals surface area contributed by atoms with Gasteiger partial charge in [-0.15, -0.1) is 11.8 Å². The Kier molecular flexibility index (Phi) is 9.47. The molecule has 0 spiro atoms. The highest BCUT2D eigenvalue weighted by Gasteiger charge is 2.13. The maximum atomic E-state index is 12.8. The van der Waals surface area contributed by atoms with Crippen LogP contribution in [0.3, 0.4) is 0 Å². The number of nitrogens with one attached hydrogen (secondary N) is 3. The topological polar surface area (TPSA) is 104 Å². The van der Waals surface area contributed by atoms with E-state index in [-0.39, 0.29) is 40.9 Å². The van der Waals surface area contributed by atoms with Gasteiger partial charge in [0.25, 0.3) is 0 Å². The summed E-state index contributed by atoms with van der Waals surface area (Å²) in [5, 5.41) is 5.39. The number of anilines is 1. The molecule has 0 aliphatic heterocycles. The van der Waals surface area contributed by atoms with Crippen molar-refractivity contribution in [1.29, 1.82) is 0 Å². The third-order valence-electron chi connectivity index (χ3n) is 3.88. The molecule has 2 aromatic carbocycles. The van der Waals surface area contributed by atoms with Gasteiger partial charge in [0, 0.05) is 18.3 Å². The first kappa shape index (κ1) is 24.8. The number of halogens is 1. The lowest BCUT2D eigenvalue weighted by Crippen LogP contribution is -2.31. The molecule has 0 aliphatic rings. The Labute approximate surface area is 186 Å². The molecule has 0 aromatic heterocycles. The monoisotopic (exact) mass is 467 g/mol. The van der Waals surface area contributed by atoms with E-state index in [2.05, 4.69) is 15.4 Å². The lowest BCUT2D eigenvalue weighted by Gasteiger charge is -2.10. The van der Waals surface area contributed by atoms with Gasteiger partial charge in [0.1, 0.15) is 5.82 Å². The Morgan fingerprint density at radius 3 is 2.13 bits per heavy atom. The Balaban J connectivity index is 1.68. The van der Waals surface area contributed by atoms with E-state index >= 15 is 0 Å². The Morgan fingerprint density at radius 1 is 0.935 bits per heavy atom. The fourth-order valence-corrected chi connectivity index (χ4v) is 4.67. The molecule has 0 unspecified atom stereocenters. The summed E-state index contributed by atoms with van der Waals surface area (Å²) < 4.78 is 39.3. The highest BCUT2D eigenvalue weighted by molar-refractivity contribution is 8.00. The minimum absolute atomic E-state index is 0.0956.